The van der Waals surface area contributed by atoms with Gasteiger partial charge in [-0.2, -0.15) is 26.3 Å². The first-order chi connectivity index (χ1) is 13.8. The van der Waals surface area contributed by atoms with Crippen LogP contribution in [0.3, 0.4) is 0 Å². The first-order valence-corrected chi connectivity index (χ1v) is 9.00. The molecule has 2 rings (SSSR count). The van der Waals surface area contributed by atoms with Crippen LogP contribution in [0.15, 0.2) is 12.1 Å². The highest BCUT2D eigenvalue weighted by Crippen LogP contribution is 2.38. The number of alkyl halides is 6. The number of anilines is 2. The largest absolute Gasteiger partial charge is 0.393 e. The molecule has 1 aromatic rings. The standard InChI is InChI=1S/C17H20F6N4O3/c1-24-12-8-13(26-6-2-3-10(9-26)17(21,22)23)11(7-14(12)27(29)30)15(28)25-5-4-16(18,19)20/h7-8,10,24H,2-6,9H2,1H3,(H,25,28). The molecule has 30 heavy (non-hydrogen) atoms. The van der Waals surface area contributed by atoms with Crippen LogP contribution >= 0.6 is 0 Å². The lowest BCUT2D eigenvalue weighted by Crippen LogP contribution is -2.42. The molecule has 2 N–H and O–H groups in total. The number of hydrogen-bond acceptors (Lipinski definition) is 5. The zero-order chi connectivity index (χ0) is 22.7. The van der Waals surface area contributed by atoms with Crippen LogP contribution in [-0.4, -0.2) is 49.9 Å². The van der Waals surface area contributed by atoms with Crippen LogP contribution in [0, 0.1) is 16.0 Å². The molecule has 0 aromatic heterocycles. The van der Waals surface area contributed by atoms with E-state index in [1.807, 2.05) is 5.32 Å². The van der Waals surface area contributed by atoms with Gasteiger partial charge in [-0.25, -0.2) is 0 Å². The van der Waals surface area contributed by atoms with Crippen molar-refractivity contribution in [2.75, 3.05) is 36.9 Å². The van der Waals surface area contributed by atoms with Crippen LogP contribution in [0.2, 0.25) is 0 Å². The second-order valence-corrected chi connectivity index (χ2v) is 6.84. The van der Waals surface area contributed by atoms with Gasteiger partial charge < -0.3 is 15.5 Å². The number of carbonyl (C=O) groups excluding carboxylic acids is 1. The van der Waals surface area contributed by atoms with E-state index in [0.29, 0.717) is 0 Å². The Labute approximate surface area is 167 Å². The number of amides is 1. The van der Waals surface area contributed by atoms with Crippen molar-refractivity contribution in [3.8, 4) is 0 Å². The maximum absolute atomic E-state index is 13.2. The van der Waals surface area contributed by atoms with Gasteiger partial charge in [-0.15, -0.1) is 0 Å². The summed E-state index contributed by atoms with van der Waals surface area (Å²) in [6, 6.07) is 2.04. The Morgan fingerprint density at radius 1 is 1.27 bits per heavy atom. The average molecular weight is 442 g/mol. The Bertz CT molecular complexity index is 797. The number of nitro benzene ring substituents is 1. The molecule has 0 aliphatic carbocycles. The van der Waals surface area contributed by atoms with Crippen molar-refractivity contribution in [1.29, 1.82) is 0 Å². The molecule has 7 nitrogen and oxygen atoms in total. The quantitative estimate of drug-likeness (QED) is 0.394. The Morgan fingerprint density at radius 2 is 1.93 bits per heavy atom. The van der Waals surface area contributed by atoms with Gasteiger partial charge in [0.05, 0.1) is 28.5 Å². The Hall–Kier alpha value is -2.73. The lowest BCUT2D eigenvalue weighted by Gasteiger charge is -2.36. The summed E-state index contributed by atoms with van der Waals surface area (Å²) in [6.45, 7) is -1.07. The molecular weight excluding hydrogens is 422 g/mol. The van der Waals surface area contributed by atoms with Gasteiger partial charge in [-0.05, 0) is 18.9 Å². The molecular formula is C17H20F6N4O3. The zero-order valence-electron chi connectivity index (χ0n) is 15.9. The highest BCUT2D eigenvalue weighted by Gasteiger charge is 2.42. The van der Waals surface area contributed by atoms with E-state index in [1.54, 1.807) is 0 Å². The lowest BCUT2D eigenvalue weighted by atomic mass is 9.96. The van der Waals surface area contributed by atoms with Gasteiger partial charge in [-0.1, -0.05) is 0 Å². The number of piperidine rings is 1. The third kappa shape index (κ3) is 5.89. The molecule has 1 fully saturated rings. The van der Waals surface area contributed by atoms with Crippen LogP contribution in [0.1, 0.15) is 29.6 Å². The molecule has 168 valence electrons. The molecule has 0 radical (unpaired) electrons. The summed E-state index contributed by atoms with van der Waals surface area (Å²) in [5.41, 5.74) is -0.920. The molecule has 1 heterocycles. The monoisotopic (exact) mass is 442 g/mol. The van der Waals surface area contributed by atoms with Gasteiger partial charge in [0.25, 0.3) is 11.6 Å². The minimum atomic E-state index is -4.52. The summed E-state index contributed by atoms with van der Waals surface area (Å²) in [7, 11) is 1.36. The van der Waals surface area contributed by atoms with Crippen molar-refractivity contribution in [3.63, 3.8) is 0 Å². The number of rotatable bonds is 6. The van der Waals surface area contributed by atoms with Crippen molar-refractivity contribution in [1.82, 2.24) is 5.32 Å². The van der Waals surface area contributed by atoms with Crippen molar-refractivity contribution in [2.45, 2.75) is 31.6 Å². The molecule has 1 aromatic carbocycles. The molecule has 1 amide bonds. The van der Waals surface area contributed by atoms with Gasteiger partial charge in [0.1, 0.15) is 5.69 Å². The fraction of sp³-hybridized carbons (Fsp3) is 0.588. The van der Waals surface area contributed by atoms with Crippen molar-refractivity contribution < 1.29 is 36.1 Å². The van der Waals surface area contributed by atoms with Gasteiger partial charge in [0, 0.05) is 32.7 Å². The van der Waals surface area contributed by atoms with Crippen LogP contribution in [0.5, 0.6) is 0 Å². The molecule has 0 bridgehead atoms. The third-order valence-corrected chi connectivity index (χ3v) is 4.74. The Kier molecular flexibility index (Phi) is 7.03. The van der Waals surface area contributed by atoms with Crippen molar-refractivity contribution >= 4 is 23.0 Å². The molecule has 1 aliphatic rings. The van der Waals surface area contributed by atoms with Gasteiger partial charge in [-0.3, -0.25) is 14.9 Å². The van der Waals surface area contributed by atoms with E-state index < -0.39 is 54.3 Å². The molecule has 13 heteroatoms. The summed E-state index contributed by atoms with van der Waals surface area (Å²) in [5, 5.41) is 15.9. The number of carbonyl (C=O) groups is 1. The summed E-state index contributed by atoms with van der Waals surface area (Å²) in [4.78, 5) is 24.3. The maximum atomic E-state index is 13.2. The van der Waals surface area contributed by atoms with Crippen molar-refractivity contribution in [3.05, 3.63) is 27.8 Å². The minimum Gasteiger partial charge on any atom is -0.383 e. The topological polar surface area (TPSA) is 87.5 Å². The Balaban J connectivity index is 2.41. The average Bonchev–Trinajstić information content (AvgIpc) is 2.65. The summed E-state index contributed by atoms with van der Waals surface area (Å²) >= 11 is 0. The van der Waals surface area contributed by atoms with Crippen LogP contribution in [-0.2, 0) is 0 Å². The summed E-state index contributed by atoms with van der Waals surface area (Å²) in [5.74, 6) is -2.69. The van der Waals surface area contributed by atoms with Crippen LogP contribution in [0.25, 0.3) is 0 Å². The predicted octanol–water partition coefficient (Wildman–Crippen LogP) is 4.10. The molecule has 0 saturated carbocycles. The first kappa shape index (κ1) is 23.5. The molecule has 1 unspecified atom stereocenters. The number of nitrogens with one attached hydrogen (secondary N) is 2. The molecule has 0 spiro atoms. The second-order valence-electron chi connectivity index (χ2n) is 6.84. The van der Waals surface area contributed by atoms with E-state index in [2.05, 4.69) is 5.32 Å². The van der Waals surface area contributed by atoms with E-state index in [-0.39, 0.29) is 36.3 Å². The number of hydrogen-bond donors (Lipinski definition) is 2. The smallest absolute Gasteiger partial charge is 0.383 e. The number of nitrogens with zero attached hydrogens (tertiary/aromatic N) is 2. The highest BCUT2D eigenvalue weighted by molar-refractivity contribution is 6.02. The SMILES string of the molecule is CNc1cc(N2CCCC(C(F)(F)F)C2)c(C(=O)NCCC(F)(F)F)cc1[N+](=O)[O-]. The first-order valence-electron chi connectivity index (χ1n) is 9.00. The summed E-state index contributed by atoms with van der Waals surface area (Å²) < 4.78 is 76.5. The Morgan fingerprint density at radius 3 is 2.47 bits per heavy atom. The van der Waals surface area contributed by atoms with E-state index in [9.17, 15) is 41.3 Å². The highest BCUT2D eigenvalue weighted by atomic mass is 19.4. The van der Waals surface area contributed by atoms with E-state index in [1.165, 1.54) is 18.0 Å². The number of benzene rings is 1. The lowest BCUT2D eigenvalue weighted by molar-refractivity contribution is -0.384. The van der Waals surface area contributed by atoms with E-state index in [0.717, 1.165) is 6.07 Å². The fourth-order valence-corrected chi connectivity index (χ4v) is 3.25. The second kappa shape index (κ2) is 8.96. The molecule has 1 atom stereocenters. The van der Waals surface area contributed by atoms with E-state index in [4.69, 9.17) is 0 Å². The maximum Gasteiger partial charge on any atom is 0.393 e. The molecule has 1 aliphatic heterocycles. The number of nitro groups is 1. The number of halogens is 6. The van der Waals surface area contributed by atoms with E-state index >= 15 is 0 Å². The zero-order valence-corrected chi connectivity index (χ0v) is 15.9. The van der Waals surface area contributed by atoms with Gasteiger partial charge >= 0.3 is 12.4 Å². The van der Waals surface area contributed by atoms with Crippen LogP contribution in [0.4, 0.5) is 43.4 Å². The van der Waals surface area contributed by atoms with Gasteiger partial charge in [0.2, 0.25) is 0 Å². The van der Waals surface area contributed by atoms with Crippen LogP contribution < -0.4 is 15.5 Å². The normalized spacial score (nSPS) is 17.6. The molecule has 1 saturated heterocycles. The summed E-state index contributed by atoms with van der Waals surface area (Å²) in [6.07, 6.45) is -10.2. The van der Waals surface area contributed by atoms with Gasteiger partial charge in [0.15, 0.2) is 0 Å². The third-order valence-electron chi connectivity index (χ3n) is 4.74. The predicted molar refractivity (Wildman–Crippen MR) is 96.6 cm³/mol. The minimum absolute atomic E-state index is 0.0107. The fourth-order valence-electron chi connectivity index (χ4n) is 3.25. The van der Waals surface area contributed by atoms with Crippen molar-refractivity contribution in [2.24, 2.45) is 5.92 Å².